The maximum Gasteiger partial charge on any atom is 0.262 e. The van der Waals surface area contributed by atoms with Crippen LogP contribution in [0.25, 0.3) is 0 Å². The summed E-state index contributed by atoms with van der Waals surface area (Å²) in [5.74, 6) is 2.39. The second-order valence-electron chi connectivity index (χ2n) is 6.02. The number of benzene rings is 3. The number of para-hydroxylation sites is 3. The van der Waals surface area contributed by atoms with Crippen LogP contribution >= 0.6 is 0 Å². The molecule has 0 atom stereocenters. The number of nitrogens with one attached hydrogen (secondary N) is 1. The van der Waals surface area contributed by atoms with Gasteiger partial charge in [0.05, 0.1) is 12.8 Å². The summed E-state index contributed by atoms with van der Waals surface area (Å²) in [5, 5.41) is 2.81. The summed E-state index contributed by atoms with van der Waals surface area (Å²) in [6.07, 6.45) is 0. The Hall–Kier alpha value is -3.67. The highest BCUT2D eigenvalue weighted by Crippen LogP contribution is 2.24. The maximum absolute atomic E-state index is 12.2. The van der Waals surface area contributed by atoms with Gasteiger partial charge >= 0.3 is 0 Å². The Morgan fingerprint density at radius 2 is 1.34 bits per heavy atom. The highest BCUT2D eigenvalue weighted by Gasteiger charge is 2.09. The smallest absolute Gasteiger partial charge is 0.262 e. The monoisotopic (exact) mass is 393 g/mol. The normalized spacial score (nSPS) is 10.1. The molecule has 3 aromatic carbocycles. The highest BCUT2D eigenvalue weighted by molar-refractivity contribution is 5.93. The second kappa shape index (κ2) is 10.6. The lowest BCUT2D eigenvalue weighted by Gasteiger charge is -2.13. The largest absolute Gasteiger partial charge is 0.497 e. The summed E-state index contributed by atoms with van der Waals surface area (Å²) in [6, 6.07) is 23.8. The van der Waals surface area contributed by atoms with Gasteiger partial charge in [-0.15, -0.1) is 0 Å². The molecule has 0 unspecified atom stereocenters. The molecule has 0 aliphatic heterocycles. The summed E-state index contributed by atoms with van der Waals surface area (Å²) in [4.78, 5) is 12.2. The number of methoxy groups -OCH3 is 1. The van der Waals surface area contributed by atoms with Crippen LogP contribution in [-0.2, 0) is 4.79 Å². The minimum Gasteiger partial charge on any atom is -0.497 e. The topological polar surface area (TPSA) is 66.0 Å². The lowest BCUT2D eigenvalue weighted by atomic mass is 10.3. The molecule has 3 aromatic rings. The molecule has 0 saturated carbocycles. The predicted octanol–water partition coefficient (Wildman–Crippen LogP) is 4.17. The van der Waals surface area contributed by atoms with Gasteiger partial charge in [-0.2, -0.15) is 0 Å². The molecule has 0 aliphatic rings. The van der Waals surface area contributed by atoms with E-state index in [9.17, 15) is 4.79 Å². The van der Waals surface area contributed by atoms with Crippen molar-refractivity contribution in [2.24, 2.45) is 0 Å². The van der Waals surface area contributed by atoms with E-state index in [0.29, 0.717) is 30.4 Å². The van der Waals surface area contributed by atoms with E-state index in [0.717, 1.165) is 11.5 Å². The number of carbonyl (C=O) groups excluding carboxylic acids is 1. The van der Waals surface area contributed by atoms with Gasteiger partial charge in [0.2, 0.25) is 0 Å². The SMILES string of the molecule is COc1ccc(OCC(=O)Nc2ccccc2OCCOc2ccccc2)cc1. The molecule has 150 valence electrons. The van der Waals surface area contributed by atoms with Crippen molar-refractivity contribution < 1.29 is 23.7 Å². The van der Waals surface area contributed by atoms with E-state index in [1.807, 2.05) is 42.5 Å². The fourth-order valence-electron chi connectivity index (χ4n) is 2.53. The molecule has 3 rings (SSSR count). The quantitative estimate of drug-likeness (QED) is 0.524. The van der Waals surface area contributed by atoms with Gasteiger partial charge in [-0.05, 0) is 48.5 Å². The molecule has 0 aromatic heterocycles. The molecule has 0 bridgehead atoms. The number of rotatable bonds is 10. The van der Waals surface area contributed by atoms with Crippen molar-refractivity contribution in [1.29, 1.82) is 0 Å². The Labute approximate surface area is 170 Å². The van der Waals surface area contributed by atoms with Gasteiger partial charge in [0.15, 0.2) is 6.61 Å². The van der Waals surface area contributed by atoms with E-state index in [1.165, 1.54) is 0 Å². The Morgan fingerprint density at radius 3 is 2.10 bits per heavy atom. The highest BCUT2D eigenvalue weighted by atomic mass is 16.5. The van der Waals surface area contributed by atoms with Crippen LogP contribution in [0.2, 0.25) is 0 Å². The minimum atomic E-state index is -0.280. The van der Waals surface area contributed by atoms with Gasteiger partial charge in [-0.3, -0.25) is 4.79 Å². The van der Waals surface area contributed by atoms with Crippen molar-refractivity contribution in [2.45, 2.75) is 0 Å². The molecule has 0 radical (unpaired) electrons. The fourth-order valence-corrected chi connectivity index (χ4v) is 2.53. The van der Waals surface area contributed by atoms with E-state index in [-0.39, 0.29) is 12.5 Å². The fraction of sp³-hybridized carbons (Fsp3) is 0.174. The predicted molar refractivity (Wildman–Crippen MR) is 111 cm³/mol. The Kier molecular flexibility index (Phi) is 7.34. The van der Waals surface area contributed by atoms with Crippen LogP contribution in [0.4, 0.5) is 5.69 Å². The molecular weight excluding hydrogens is 370 g/mol. The summed E-state index contributed by atoms with van der Waals surface area (Å²) >= 11 is 0. The van der Waals surface area contributed by atoms with Crippen LogP contribution in [-0.4, -0.2) is 32.8 Å². The second-order valence-corrected chi connectivity index (χ2v) is 6.02. The number of hydrogen-bond donors (Lipinski definition) is 1. The number of anilines is 1. The summed E-state index contributed by atoms with van der Waals surface area (Å²) in [5.41, 5.74) is 0.579. The third-order valence-electron chi connectivity index (χ3n) is 3.94. The third-order valence-corrected chi connectivity index (χ3v) is 3.94. The zero-order chi connectivity index (χ0) is 20.3. The van der Waals surface area contributed by atoms with E-state index in [4.69, 9.17) is 18.9 Å². The Balaban J connectivity index is 1.46. The average Bonchev–Trinajstić information content (AvgIpc) is 2.77. The van der Waals surface area contributed by atoms with Gasteiger partial charge in [0, 0.05) is 0 Å². The number of carbonyl (C=O) groups is 1. The zero-order valence-electron chi connectivity index (χ0n) is 16.2. The zero-order valence-corrected chi connectivity index (χ0v) is 16.2. The molecule has 1 N–H and O–H groups in total. The van der Waals surface area contributed by atoms with E-state index in [1.54, 1.807) is 43.5 Å². The molecule has 6 heteroatoms. The van der Waals surface area contributed by atoms with Crippen molar-refractivity contribution in [3.05, 3.63) is 78.9 Å². The van der Waals surface area contributed by atoms with Gasteiger partial charge in [0.25, 0.3) is 5.91 Å². The molecule has 0 fully saturated rings. The van der Waals surface area contributed by atoms with Crippen molar-refractivity contribution in [3.63, 3.8) is 0 Å². The van der Waals surface area contributed by atoms with Crippen LogP contribution in [0.3, 0.4) is 0 Å². The Morgan fingerprint density at radius 1 is 0.724 bits per heavy atom. The lowest BCUT2D eigenvalue weighted by molar-refractivity contribution is -0.118. The summed E-state index contributed by atoms with van der Waals surface area (Å²) < 4.78 is 22.0. The van der Waals surface area contributed by atoms with Gasteiger partial charge in [-0.25, -0.2) is 0 Å². The number of hydrogen-bond acceptors (Lipinski definition) is 5. The van der Waals surface area contributed by atoms with Crippen LogP contribution < -0.4 is 24.3 Å². The first-order valence-electron chi connectivity index (χ1n) is 9.21. The van der Waals surface area contributed by atoms with Crippen molar-refractivity contribution in [2.75, 3.05) is 32.2 Å². The first-order valence-corrected chi connectivity index (χ1v) is 9.21. The van der Waals surface area contributed by atoms with Crippen LogP contribution in [0.15, 0.2) is 78.9 Å². The Bertz CT molecular complexity index is 897. The standard InChI is InChI=1S/C23H23NO5/c1-26-18-11-13-20(14-12-18)29-17-23(25)24-21-9-5-6-10-22(21)28-16-15-27-19-7-3-2-4-8-19/h2-14H,15-17H2,1H3,(H,24,25). The first kappa shape index (κ1) is 20.1. The molecule has 6 nitrogen and oxygen atoms in total. The van der Waals surface area contributed by atoms with Crippen LogP contribution in [0, 0.1) is 0 Å². The van der Waals surface area contributed by atoms with Crippen LogP contribution in [0.5, 0.6) is 23.0 Å². The van der Waals surface area contributed by atoms with Crippen molar-refractivity contribution >= 4 is 11.6 Å². The van der Waals surface area contributed by atoms with E-state index < -0.39 is 0 Å². The molecule has 29 heavy (non-hydrogen) atoms. The minimum absolute atomic E-state index is 0.113. The molecular formula is C23H23NO5. The lowest BCUT2D eigenvalue weighted by Crippen LogP contribution is -2.21. The maximum atomic E-state index is 12.2. The number of amides is 1. The van der Waals surface area contributed by atoms with Crippen LogP contribution in [0.1, 0.15) is 0 Å². The van der Waals surface area contributed by atoms with Crippen molar-refractivity contribution in [1.82, 2.24) is 0 Å². The molecule has 0 heterocycles. The number of ether oxygens (including phenoxy) is 4. The molecule has 1 amide bonds. The average molecular weight is 393 g/mol. The summed E-state index contributed by atoms with van der Waals surface area (Å²) in [7, 11) is 1.59. The molecule has 0 spiro atoms. The molecule has 0 aliphatic carbocycles. The summed E-state index contributed by atoms with van der Waals surface area (Å²) in [6.45, 7) is 0.634. The van der Waals surface area contributed by atoms with Gasteiger partial charge in [-0.1, -0.05) is 30.3 Å². The van der Waals surface area contributed by atoms with E-state index >= 15 is 0 Å². The first-order chi connectivity index (χ1) is 14.2. The molecule has 0 saturated heterocycles. The van der Waals surface area contributed by atoms with Gasteiger partial charge < -0.3 is 24.3 Å². The van der Waals surface area contributed by atoms with E-state index in [2.05, 4.69) is 5.32 Å². The van der Waals surface area contributed by atoms with Gasteiger partial charge in [0.1, 0.15) is 36.2 Å². The third kappa shape index (κ3) is 6.46. The van der Waals surface area contributed by atoms with Crippen molar-refractivity contribution in [3.8, 4) is 23.0 Å².